The maximum atomic E-state index is 8.77. The molecule has 0 spiro atoms. The van der Waals surface area contributed by atoms with E-state index in [1.165, 1.54) is 19.3 Å². The zero-order valence-corrected chi connectivity index (χ0v) is 11.3. The summed E-state index contributed by atoms with van der Waals surface area (Å²) in [5.41, 5.74) is 0.634. The molecule has 96 valence electrons. The van der Waals surface area contributed by atoms with E-state index < -0.39 is 0 Å². The van der Waals surface area contributed by atoms with Crippen LogP contribution in [0.15, 0.2) is 18.3 Å². The lowest BCUT2D eigenvalue weighted by Gasteiger charge is -2.22. The topological polar surface area (TPSA) is 39.9 Å². The van der Waals surface area contributed by atoms with Gasteiger partial charge in [-0.1, -0.05) is 26.7 Å². The monoisotopic (exact) mass is 243 g/mol. The Kier molecular flexibility index (Phi) is 4.19. The number of anilines is 1. The number of aromatic nitrogens is 1. The number of hydrogen-bond acceptors (Lipinski definition) is 3. The normalized spacial score (nSPS) is 19.2. The molecule has 1 aliphatic rings. The Morgan fingerprint density at radius 3 is 2.78 bits per heavy atom. The first-order valence-corrected chi connectivity index (χ1v) is 6.89. The summed E-state index contributed by atoms with van der Waals surface area (Å²) in [4.78, 5) is 6.73. The predicted molar refractivity (Wildman–Crippen MR) is 73.3 cm³/mol. The van der Waals surface area contributed by atoms with Crippen molar-refractivity contribution < 1.29 is 0 Å². The van der Waals surface area contributed by atoms with Crippen molar-refractivity contribution in [1.82, 2.24) is 4.98 Å². The lowest BCUT2D eigenvalue weighted by molar-refractivity contribution is 0.339. The summed E-state index contributed by atoms with van der Waals surface area (Å²) in [6, 6.07) is 5.93. The van der Waals surface area contributed by atoms with Crippen LogP contribution in [0.1, 0.15) is 38.7 Å². The molecule has 2 heterocycles. The number of pyridine rings is 1. The van der Waals surface area contributed by atoms with Crippen molar-refractivity contribution in [3.8, 4) is 6.07 Å². The first-order valence-electron chi connectivity index (χ1n) is 6.89. The highest BCUT2D eigenvalue weighted by molar-refractivity contribution is 5.42. The molecule has 1 fully saturated rings. The Hall–Kier alpha value is -1.56. The minimum absolute atomic E-state index is 0.634. The van der Waals surface area contributed by atoms with Gasteiger partial charge >= 0.3 is 0 Å². The number of nitriles is 1. The molecule has 1 aromatic rings. The second kappa shape index (κ2) is 5.86. The smallest absolute Gasteiger partial charge is 0.128 e. The Morgan fingerprint density at radius 1 is 1.44 bits per heavy atom. The molecule has 1 atom stereocenters. The van der Waals surface area contributed by atoms with Gasteiger partial charge in [0.25, 0.3) is 0 Å². The van der Waals surface area contributed by atoms with Crippen molar-refractivity contribution in [3.05, 3.63) is 23.9 Å². The predicted octanol–water partition coefficient (Wildman–Crippen LogP) is 3.22. The van der Waals surface area contributed by atoms with Crippen molar-refractivity contribution >= 4 is 5.82 Å². The third-order valence-corrected chi connectivity index (χ3v) is 4.14. The van der Waals surface area contributed by atoms with Gasteiger partial charge in [-0.05, 0) is 30.4 Å². The van der Waals surface area contributed by atoms with Gasteiger partial charge in [-0.2, -0.15) is 5.26 Å². The summed E-state index contributed by atoms with van der Waals surface area (Å²) in [6.45, 7) is 6.79. The average molecular weight is 243 g/mol. The summed E-state index contributed by atoms with van der Waals surface area (Å²) in [5, 5.41) is 8.77. The Labute approximate surface area is 109 Å². The van der Waals surface area contributed by atoms with Gasteiger partial charge in [0.15, 0.2) is 0 Å². The van der Waals surface area contributed by atoms with Crippen LogP contribution < -0.4 is 4.90 Å². The number of nitrogens with zero attached hydrogens (tertiary/aromatic N) is 3. The van der Waals surface area contributed by atoms with Crippen LogP contribution in [0.4, 0.5) is 5.82 Å². The minimum atomic E-state index is 0.634. The summed E-state index contributed by atoms with van der Waals surface area (Å²) in [6.07, 6.45) is 5.49. The van der Waals surface area contributed by atoms with E-state index in [-0.39, 0.29) is 0 Å². The van der Waals surface area contributed by atoms with E-state index in [0.29, 0.717) is 5.56 Å². The van der Waals surface area contributed by atoms with E-state index in [1.807, 2.05) is 12.1 Å². The maximum absolute atomic E-state index is 8.77. The van der Waals surface area contributed by atoms with Gasteiger partial charge in [-0.15, -0.1) is 0 Å². The SMILES string of the molecule is CCC(CC)C1CCN(c2ccc(C#N)cn2)C1. The first-order chi connectivity index (χ1) is 8.78. The molecule has 0 amide bonds. The van der Waals surface area contributed by atoms with Crippen molar-refractivity contribution in [2.75, 3.05) is 18.0 Å². The van der Waals surface area contributed by atoms with E-state index in [0.717, 1.165) is 30.7 Å². The molecule has 0 N–H and O–H groups in total. The summed E-state index contributed by atoms with van der Waals surface area (Å²) in [7, 11) is 0. The van der Waals surface area contributed by atoms with Crippen LogP contribution in [0.5, 0.6) is 0 Å². The molecule has 1 aromatic heterocycles. The van der Waals surface area contributed by atoms with Gasteiger partial charge in [0.05, 0.1) is 5.56 Å². The molecule has 2 rings (SSSR count). The molecule has 0 bridgehead atoms. The summed E-state index contributed by atoms with van der Waals surface area (Å²) >= 11 is 0. The zero-order chi connectivity index (χ0) is 13.0. The van der Waals surface area contributed by atoms with E-state index in [9.17, 15) is 0 Å². The zero-order valence-electron chi connectivity index (χ0n) is 11.3. The fraction of sp³-hybridized carbons (Fsp3) is 0.600. The van der Waals surface area contributed by atoms with Crippen molar-refractivity contribution in [1.29, 1.82) is 5.26 Å². The molecule has 0 aliphatic carbocycles. The van der Waals surface area contributed by atoms with E-state index in [2.05, 4.69) is 29.8 Å². The molecular formula is C15H21N3. The third-order valence-electron chi connectivity index (χ3n) is 4.14. The summed E-state index contributed by atoms with van der Waals surface area (Å²) in [5.74, 6) is 2.66. The molecule has 0 saturated carbocycles. The molecule has 1 aliphatic heterocycles. The molecule has 3 nitrogen and oxygen atoms in total. The molecule has 18 heavy (non-hydrogen) atoms. The van der Waals surface area contributed by atoms with Crippen LogP contribution in [0.25, 0.3) is 0 Å². The van der Waals surface area contributed by atoms with Crippen molar-refractivity contribution in [2.24, 2.45) is 11.8 Å². The largest absolute Gasteiger partial charge is 0.356 e. The Morgan fingerprint density at radius 2 is 2.22 bits per heavy atom. The highest BCUT2D eigenvalue weighted by Crippen LogP contribution is 2.30. The van der Waals surface area contributed by atoms with Crippen LogP contribution in [-0.2, 0) is 0 Å². The number of rotatable bonds is 4. The van der Waals surface area contributed by atoms with Gasteiger partial charge in [-0.25, -0.2) is 4.98 Å². The maximum Gasteiger partial charge on any atom is 0.128 e. The van der Waals surface area contributed by atoms with Crippen LogP contribution in [0.2, 0.25) is 0 Å². The van der Waals surface area contributed by atoms with E-state index in [4.69, 9.17) is 5.26 Å². The van der Waals surface area contributed by atoms with Crippen molar-refractivity contribution in [2.45, 2.75) is 33.1 Å². The second-order valence-electron chi connectivity index (χ2n) is 5.09. The van der Waals surface area contributed by atoms with E-state index in [1.54, 1.807) is 6.20 Å². The van der Waals surface area contributed by atoms with Gasteiger partial charge < -0.3 is 4.90 Å². The molecule has 3 heteroatoms. The Bertz CT molecular complexity index is 414. The fourth-order valence-electron chi connectivity index (χ4n) is 2.97. The van der Waals surface area contributed by atoms with Gasteiger partial charge in [-0.3, -0.25) is 0 Å². The molecule has 1 saturated heterocycles. The van der Waals surface area contributed by atoms with Crippen LogP contribution in [0.3, 0.4) is 0 Å². The molecule has 0 radical (unpaired) electrons. The second-order valence-corrected chi connectivity index (χ2v) is 5.09. The van der Waals surface area contributed by atoms with Gasteiger partial charge in [0.2, 0.25) is 0 Å². The van der Waals surface area contributed by atoms with Crippen molar-refractivity contribution in [3.63, 3.8) is 0 Å². The van der Waals surface area contributed by atoms with Crippen LogP contribution in [-0.4, -0.2) is 18.1 Å². The quantitative estimate of drug-likeness (QED) is 0.815. The Balaban J connectivity index is 2.01. The van der Waals surface area contributed by atoms with Crippen LogP contribution in [0, 0.1) is 23.2 Å². The molecular weight excluding hydrogens is 222 g/mol. The number of hydrogen-bond donors (Lipinski definition) is 0. The van der Waals surface area contributed by atoms with E-state index >= 15 is 0 Å². The highest BCUT2D eigenvalue weighted by atomic mass is 15.2. The molecule has 1 unspecified atom stereocenters. The highest BCUT2D eigenvalue weighted by Gasteiger charge is 2.28. The lowest BCUT2D eigenvalue weighted by atomic mass is 9.87. The molecule has 0 aromatic carbocycles. The minimum Gasteiger partial charge on any atom is -0.356 e. The summed E-state index contributed by atoms with van der Waals surface area (Å²) < 4.78 is 0. The lowest BCUT2D eigenvalue weighted by Crippen LogP contribution is -2.23. The average Bonchev–Trinajstić information content (AvgIpc) is 2.90. The standard InChI is InChI=1S/C15H21N3/c1-3-13(4-2)14-7-8-18(11-14)15-6-5-12(9-16)10-17-15/h5-6,10,13-14H,3-4,7-8,11H2,1-2H3. The van der Waals surface area contributed by atoms with Gasteiger partial charge in [0, 0.05) is 19.3 Å². The third kappa shape index (κ3) is 2.64. The van der Waals surface area contributed by atoms with Crippen LogP contribution >= 0.6 is 0 Å². The van der Waals surface area contributed by atoms with Gasteiger partial charge in [0.1, 0.15) is 11.9 Å². The fourth-order valence-corrected chi connectivity index (χ4v) is 2.97. The first kappa shape index (κ1) is 12.9.